The van der Waals surface area contributed by atoms with E-state index in [1.807, 2.05) is 6.92 Å². The van der Waals surface area contributed by atoms with Crippen LogP contribution in [0.4, 0.5) is 5.69 Å². The van der Waals surface area contributed by atoms with Gasteiger partial charge in [0, 0.05) is 0 Å². The molecule has 0 radical (unpaired) electrons. The van der Waals surface area contributed by atoms with Gasteiger partial charge in [0.15, 0.2) is 0 Å². The van der Waals surface area contributed by atoms with Gasteiger partial charge in [-0.1, -0.05) is 12.1 Å². The Morgan fingerprint density at radius 3 is 2.71 bits per heavy atom. The third-order valence-corrected chi connectivity index (χ3v) is 5.65. The third-order valence-electron chi connectivity index (χ3n) is 2.83. The summed E-state index contributed by atoms with van der Waals surface area (Å²) in [4.78, 5) is 0.565. The minimum Gasteiger partial charge on any atom is -0.492 e. The summed E-state index contributed by atoms with van der Waals surface area (Å²) in [6, 6.07) is 6.85. The van der Waals surface area contributed by atoms with E-state index in [4.69, 9.17) is 4.74 Å². The number of ether oxygens (including phenoxy) is 1. The fourth-order valence-corrected chi connectivity index (χ4v) is 4.72. The van der Waals surface area contributed by atoms with Gasteiger partial charge in [0.25, 0.3) is 10.0 Å². The Kier molecular flexibility index (Phi) is 4.87. The summed E-state index contributed by atoms with van der Waals surface area (Å²) >= 11 is 1.23. The van der Waals surface area contributed by atoms with Crippen LogP contribution in [0, 0.1) is 6.92 Å². The van der Waals surface area contributed by atoms with Crippen molar-refractivity contribution in [2.24, 2.45) is 0 Å². The van der Waals surface area contributed by atoms with Crippen molar-refractivity contribution in [3.63, 3.8) is 0 Å². The highest BCUT2D eigenvalue weighted by molar-refractivity contribution is 7.93. The second-order valence-corrected chi connectivity index (χ2v) is 6.95. The fraction of sp³-hybridized carbons (Fsp3) is 0.286. The van der Waals surface area contributed by atoms with Crippen LogP contribution < -0.4 is 9.46 Å². The van der Waals surface area contributed by atoms with Crippen molar-refractivity contribution in [3.05, 3.63) is 40.1 Å². The highest BCUT2D eigenvalue weighted by Gasteiger charge is 2.23. The van der Waals surface area contributed by atoms with Gasteiger partial charge in [-0.15, -0.1) is 11.3 Å². The van der Waals surface area contributed by atoms with Crippen molar-refractivity contribution in [1.29, 1.82) is 0 Å². The van der Waals surface area contributed by atoms with Gasteiger partial charge in [0.05, 0.1) is 23.8 Å². The lowest BCUT2D eigenvalue weighted by molar-refractivity contribution is 0.282. The van der Waals surface area contributed by atoms with Gasteiger partial charge in [-0.2, -0.15) is 0 Å². The number of aliphatic hydroxyl groups is 1. The maximum atomic E-state index is 12.5. The van der Waals surface area contributed by atoms with E-state index in [1.54, 1.807) is 36.6 Å². The van der Waals surface area contributed by atoms with Crippen molar-refractivity contribution >= 4 is 27.0 Å². The van der Waals surface area contributed by atoms with Crippen LogP contribution in [-0.4, -0.2) is 20.1 Å². The Morgan fingerprint density at radius 1 is 1.33 bits per heavy atom. The second-order valence-electron chi connectivity index (χ2n) is 4.36. The van der Waals surface area contributed by atoms with Gasteiger partial charge >= 0.3 is 0 Å². The zero-order valence-electron chi connectivity index (χ0n) is 11.8. The molecule has 114 valence electrons. The molecule has 0 atom stereocenters. The van der Waals surface area contributed by atoms with E-state index >= 15 is 0 Å². The van der Waals surface area contributed by atoms with E-state index < -0.39 is 10.0 Å². The molecule has 1 aromatic heterocycles. The summed E-state index contributed by atoms with van der Waals surface area (Å²) in [5.74, 6) is 0.474. The molecular weight excluding hydrogens is 310 g/mol. The number of nitrogens with one attached hydrogen (secondary N) is 1. The Morgan fingerprint density at radius 2 is 2.05 bits per heavy atom. The Labute approximate surface area is 128 Å². The minimum atomic E-state index is -3.76. The number of benzene rings is 1. The number of hydrogen-bond donors (Lipinski definition) is 2. The molecule has 21 heavy (non-hydrogen) atoms. The molecule has 0 saturated heterocycles. The summed E-state index contributed by atoms with van der Waals surface area (Å²) in [7, 11) is -3.76. The smallest absolute Gasteiger partial charge is 0.263 e. The quantitative estimate of drug-likeness (QED) is 0.855. The third kappa shape index (κ3) is 3.37. The molecular formula is C14H17NO4S2. The maximum absolute atomic E-state index is 12.5. The Bertz CT molecular complexity index is 722. The number of thiophene rings is 1. The van der Waals surface area contributed by atoms with Gasteiger partial charge in [0.2, 0.25) is 0 Å². The van der Waals surface area contributed by atoms with Crippen LogP contribution in [0.1, 0.15) is 17.4 Å². The predicted octanol–water partition coefficient (Wildman–Crippen LogP) is 2.75. The summed E-state index contributed by atoms with van der Waals surface area (Å²) in [5, 5.41) is 11.0. The zero-order valence-corrected chi connectivity index (χ0v) is 13.4. The molecule has 0 amide bonds. The predicted molar refractivity (Wildman–Crippen MR) is 83.4 cm³/mol. The number of sulfonamides is 1. The van der Waals surface area contributed by atoms with Crippen molar-refractivity contribution in [1.82, 2.24) is 0 Å². The average Bonchev–Trinajstić information content (AvgIpc) is 2.83. The first-order valence-electron chi connectivity index (χ1n) is 6.42. The van der Waals surface area contributed by atoms with Gasteiger partial charge in [-0.3, -0.25) is 4.72 Å². The molecule has 1 heterocycles. The largest absolute Gasteiger partial charge is 0.492 e. The molecule has 0 aliphatic heterocycles. The highest BCUT2D eigenvalue weighted by Crippen LogP contribution is 2.31. The lowest BCUT2D eigenvalue weighted by Crippen LogP contribution is -2.15. The van der Waals surface area contributed by atoms with Crippen LogP contribution in [0.5, 0.6) is 5.75 Å². The summed E-state index contributed by atoms with van der Waals surface area (Å²) in [5.41, 5.74) is 0.999. The first kappa shape index (κ1) is 15.8. The van der Waals surface area contributed by atoms with Crippen molar-refractivity contribution < 1.29 is 18.3 Å². The molecule has 0 spiro atoms. The number of para-hydroxylation sites is 2. The van der Waals surface area contributed by atoms with E-state index in [9.17, 15) is 13.5 Å². The van der Waals surface area contributed by atoms with Crippen molar-refractivity contribution in [3.8, 4) is 5.75 Å². The molecule has 0 bridgehead atoms. The van der Waals surface area contributed by atoms with Crippen LogP contribution in [0.3, 0.4) is 0 Å². The molecule has 0 saturated carbocycles. The van der Waals surface area contributed by atoms with E-state index in [0.717, 1.165) is 0 Å². The molecule has 7 heteroatoms. The standard InChI is InChI=1S/C14H17NO4S2/c1-3-19-12-7-5-4-6-11(12)15-21(17,18)14-10(2)9-20-13(14)8-16/h4-7,9,15-16H,3,8H2,1-2H3. The van der Waals surface area contributed by atoms with Crippen LogP contribution in [0.2, 0.25) is 0 Å². The molecule has 0 unspecified atom stereocenters. The second kappa shape index (κ2) is 6.46. The summed E-state index contributed by atoms with van der Waals surface area (Å²) in [6.45, 7) is 3.68. The Balaban J connectivity index is 2.40. The van der Waals surface area contributed by atoms with Gasteiger partial charge in [0.1, 0.15) is 10.6 Å². The average molecular weight is 327 g/mol. The molecule has 2 rings (SSSR count). The number of hydrogen-bond acceptors (Lipinski definition) is 5. The van der Waals surface area contributed by atoms with E-state index in [-0.39, 0.29) is 11.5 Å². The zero-order chi connectivity index (χ0) is 15.5. The first-order valence-corrected chi connectivity index (χ1v) is 8.78. The molecule has 5 nitrogen and oxygen atoms in total. The molecule has 0 aliphatic rings. The monoisotopic (exact) mass is 327 g/mol. The maximum Gasteiger partial charge on any atom is 0.263 e. The minimum absolute atomic E-state index is 0.140. The van der Waals surface area contributed by atoms with Crippen molar-refractivity contribution in [2.45, 2.75) is 25.3 Å². The van der Waals surface area contributed by atoms with Gasteiger partial charge in [-0.05, 0) is 36.9 Å². The van der Waals surface area contributed by atoms with Crippen LogP contribution in [0.25, 0.3) is 0 Å². The molecule has 0 aliphatic carbocycles. The normalized spacial score (nSPS) is 11.4. The van der Waals surface area contributed by atoms with Crippen LogP contribution in [0.15, 0.2) is 34.5 Å². The van der Waals surface area contributed by atoms with Crippen LogP contribution in [-0.2, 0) is 16.6 Å². The molecule has 1 aromatic carbocycles. The molecule has 2 aromatic rings. The SMILES string of the molecule is CCOc1ccccc1NS(=O)(=O)c1c(C)csc1CO. The topological polar surface area (TPSA) is 75.6 Å². The van der Waals surface area contributed by atoms with E-state index in [1.165, 1.54) is 11.3 Å². The van der Waals surface area contributed by atoms with Crippen LogP contribution >= 0.6 is 11.3 Å². The molecule has 2 N–H and O–H groups in total. The van der Waals surface area contributed by atoms with E-state index in [2.05, 4.69) is 4.72 Å². The summed E-state index contributed by atoms with van der Waals surface area (Å²) < 4.78 is 33.0. The number of rotatable bonds is 6. The highest BCUT2D eigenvalue weighted by atomic mass is 32.2. The van der Waals surface area contributed by atoms with Crippen molar-refractivity contribution in [2.75, 3.05) is 11.3 Å². The molecule has 0 fully saturated rings. The lowest BCUT2D eigenvalue weighted by atomic mass is 10.3. The lowest BCUT2D eigenvalue weighted by Gasteiger charge is -2.13. The van der Waals surface area contributed by atoms with E-state index in [0.29, 0.717) is 28.5 Å². The van der Waals surface area contributed by atoms with Gasteiger partial charge < -0.3 is 9.84 Å². The number of aliphatic hydroxyl groups excluding tert-OH is 1. The Hall–Kier alpha value is -1.57. The van der Waals surface area contributed by atoms with Gasteiger partial charge in [-0.25, -0.2) is 8.42 Å². The fourth-order valence-electron chi connectivity index (χ4n) is 1.99. The number of anilines is 1. The summed E-state index contributed by atoms with van der Waals surface area (Å²) in [6.07, 6.45) is 0. The first-order chi connectivity index (χ1) is 9.99. The number of aryl methyl sites for hydroxylation is 1.